The molecule has 1 unspecified atom stereocenters. The fourth-order valence-electron chi connectivity index (χ4n) is 3.55. The lowest BCUT2D eigenvalue weighted by Crippen LogP contribution is -2.50. The predicted molar refractivity (Wildman–Crippen MR) is 145 cm³/mol. The van der Waals surface area contributed by atoms with E-state index < -0.39 is 6.04 Å². The lowest BCUT2D eigenvalue weighted by molar-refractivity contribution is -0.139. The van der Waals surface area contributed by atoms with Crippen LogP contribution in [0.5, 0.6) is 0 Å². The fourth-order valence-corrected chi connectivity index (χ4v) is 5.64. The lowest BCUT2D eigenvalue weighted by Gasteiger charge is -2.31. The topological polar surface area (TPSA) is 49.4 Å². The van der Waals surface area contributed by atoms with Crippen LogP contribution in [0.15, 0.2) is 77.3 Å². The molecule has 0 saturated heterocycles. The minimum absolute atomic E-state index is 0.127. The number of rotatable bonds is 10. The molecule has 3 aromatic rings. The maximum Gasteiger partial charge on any atom is 0.242 e. The van der Waals surface area contributed by atoms with Gasteiger partial charge in [-0.1, -0.05) is 87.7 Å². The number of benzene rings is 3. The number of carbonyl (C=O) groups is 2. The molecule has 4 nitrogen and oxygen atoms in total. The van der Waals surface area contributed by atoms with Crippen LogP contribution in [0.2, 0.25) is 10.0 Å². The van der Waals surface area contributed by atoms with Gasteiger partial charge in [0.2, 0.25) is 11.8 Å². The average Bonchev–Trinajstić information content (AvgIpc) is 2.83. The van der Waals surface area contributed by atoms with Crippen molar-refractivity contribution in [3.63, 3.8) is 0 Å². The van der Waals surface area contributed by atoms with E-state index in [0.29, 0.717) is 28.8 Å². The monoisotopic (exact) mass is 578 g/mol. The smallest absolute Gasteiger partial charge is 0.242 e. The van der Waals surface area contributed by atoms with Gasteiger partial charge >= 0.3 is 0 Å². The zero-order chi connectivity index (χ0) is 24.5. The van der Waals surface area contributed by atoms with Gasteiger partial charge in [-0.2, -0.15) is 0 Å². The largest absolute Gasteiger partial charge is 0.357 e. The average molecular weight is 580 g/mol. The summed E-state index contributed by atoms with van der Waals surface area (Å²) in [6.45, 7) is 0.316. The van der Waals surface area contributed by atoms with Crippen molar-refractivity contribution in [3.05, 3.63) is 104 Å². The molecule has 0 aliphatic carbocycles. The first-order valence-corrected chi connectivity index (χ1v) is 13.4. The summed E-state index contributed by atoms with van der Waals surface area (Å²) in [5, 5.41) is 3.88. The van der Waals surface area contributed by atoms with Crippen LogP contribution < -0.4 is 5.32 Å². The third-order valence-electron chi connectivity index (χ3n) is 5.29. The molecule has 0 heterocycles. The quantitative estimate of drug-likeness (QED) is 0.303. The zero-order valence-electron chi connectivity index (χ0n) is 18.6. The van der Waals surface area contributed by atoms with Crippen molar-refractivity contribution in [2.24, 2.45) is 0 Å². The van der Waals surface area contributed by atoms with Crippen LogP contribution in [-0.4, -0.2) is 35.6 Å². The number of likely N-dealkylation sites (N-methyl/N-ethyl adjacent to an activating group) is 1. The summed E-state index contributed by atoms with van der Waals surface area (Å²) in [5.41, 5.74) is 2.72. The Bertz CT molecular complexity index is 1110. The Morgan fingerprint density at radius 3 is 2.26 bits per heavy atom. The Balaban J connectivity index is 1.83. The first kappa shape index (κ1) is 26.6. The van der Waals surface area contributed by atoms with E-state index in [9.17, 15) is 9.59 Å². The molecular formula is C26H25BrCl2N2O2S. The summed E-state index contributed by atoms with van der Waals surface area (Å²) in [4.78, 5) is 28.1. The normalized spacial score (nSPS) is 11.6. The number of hydrogen-bond acceptors (Lipinski definition) is 3. The summed E-state index contributed by atoms with van der Waals surface area (Å²) < 4.78 is 0.916. The summed E-state index contributed by atoms with van der Waals surface area (Å²) >= 11 is 17.5. The molecule has 0 fully saturated rings. The number of thioether (sulfide) groups is 1. The van der Waals surface area contributed by atoms with Crippen LogP contribution >= 0.6 is 50.9 Å². The Morgan fingerprint density at radius 1 is 0.971 bits per heavy atom. The first-order valence-electron chi connectivity index (χ1n) is 10.7. The molecule has 1 atom stereocenters. The second kappa shape index (κ2) is 13.2. The molecule has 3 aromatic carbocycles. The van der Waals surface area contributed by atoms with E-state index in [1.54, 1.807) is 30.1 Å². The predicted octanol–water partition coefficient (Wildman–Crippen LogP) is 6.38. The van der Waals surface area contributed by atoms with E-state index >= 15 is 0 Å². The van der Waals surface area contributed by atoms with E-state index in [1.165, 1.54) is 11.8 Å². The van der Waals surface area contributed by atoms with E-state index in [-0.39, 0.29) is 17.6 Å². The van der Waals surface area contributed by atoms with Gasteiger partial charge < -0.3 is 10.2 Å². The molecule has 0 bridgehead atoms. The second-order valence-corrected chi connectivity index (χ2v) is 10.4. The van der Waals surface area contributed by atoms with Gasteiger partial charge in [0.15, 0.2) is 0 Å². The molecular weight excluding hydrogens is 555 g/mol. The summed E-state index contributed by atoms with van der Waals surface area (Å²) in [7, 11) is 1.59. The molecule has 34 heavy (non-hydrogen) atoms. The summed E-state index contributed by atoms with van der Waals surface area (Å²) in [6, 6.07) is 22.2. The summed E-state index contributed by atoms with van der Waals surface area (Å²) in [5.74, 6) is 0.361. The third kappa shape index (κ3) is 7.51. The van der Waals surface area contributed by atoms with Crippen molar-refractivity contribution >= 4 is 62.7 Å². The fraction of sp³-hybridized carbons (Fsp3) is 0.231. The highest BCUT2D eigenvalue weighted by molar-refractivity contribution is 9.10. The molecule has 0 radical (unpaired) electrons. The van der Waals surface area contributed by atoms with E-state index in [4.69, 9.17) is 23.2 Å². The molecule has 1 N–H and O–H groups in total. The van der Waals surface area contributed by atoms with E-state index in [0.717, 1.165) is 21.2 Å². The van der Waals surface area contributed by atoms with Crippen molar-refractivity contribution in [3.8, 4) is 0 Å². The second-order valence-electron chi connectivity index (χ2n) is 7.66. The molecule has 178 valence electrons. The van der Waals surface area contributed by atoms with Crippen LogP contribution in [0, 0.1) is 0 Å². The number of nitrogens with one attached hydrogen (secondary N) is 1. The van der Waals surface area contributed by atoms with Gasteiger partial charge in [0.1, 0.15) is 6.04 Å². The van der Waals surface area contributed by atoms with Crippen LogP contribution in [-0.2, 0) is 28.3 Å². The van der Waals surface area contributed by atoms with Gasteiger partial charge in [0.25, 0.3) is 0 Å². The minimum Gasteiger partial charge on any atom is -0.357 e. The highest BCUT2D eigenvalue weighted by Gasteiger charge is 2.29. The van der Waals surface area contributed by atoms with Crippen LogP contribution in [0.4, 0.5) is 0 Å². The number of carbonyl (C=O) groups excluding carboxylic acids is 2. The molecule has 0 saturated carbocycles. The molecule has 0 aliphatic heterocycles. The molecule has 0 aliphatic rings. The Kier molecular flexibility index (Phi) is 10.3. The number of amides is 2. The maximum absolute atomic E-state index is 13.5. The van der Waals surface area contributed by atoms with E-state index in [2.05, 4.69) is 21.2 Å². The van der Waals surface area contributed by atoms with Gasteiger partial charge in [-0.3, -0.25) is 9.59 Å². The van der Waals surface area contributed by atoms with Crippen molar-refractivity contribution < 1.29 is 9.59 Å². The van der Waals surface area contributed by atoms with Crippen LogP contribution in [0.3, 0.4) is 0 Å². The SMILES string of the molecule is CNC(=O)C(Cc1ccccc1)N(Cc1cccc(Br)c1)C(=O)CSCc1c(Cl)cccc1Cl. The van der Waals surface area contributed by atoms with Gasteiger partial charge in [0.05, 0.1) is 5.75 Å². The standard InChI is InChI=1S/C26H25BrCl2N2O2S/c1-30-26(33)24(14-18-7-3-2-4-8-18)31(15-19-9-5-10-20(27)13-19)25(32)17-34-16-21-22(28)11-6-12-23(21)29/h2-13,24H,14-17H2,1H3,(H,30,33). The number of nitrogens with zero attached hydrogens (tertiary/aromatic N) is 1. The van der Waals surface area contributed by atoms with Gasteiger partial charge in [0, 0.05) is 40.3 Å². The Hall–Kier alpha value is -1.99. The van der Waals surface area contributed by atoms with Gasteiger partial charge in [-0.15, -0.1) is 11.8 Å². The first-order chi connectivity index (χ1) is 16.4. The molecule has 8 heteroatoms. The van der Waals surface area contributed by atoms with Crippen molar-refractivity contribution in [1.29, 1.82) is 0 Å². The zero-order valence-corrected chi connectivity index (χ0v) is 22.6. The Morgan fingerprint density at radius 2 is 1.62 bits per heavy atom. The highest BCUT2D eigenvalue weighted by atomic mass is 79.9. The van der Waals surface area contributed by atoms with E-state index in [1.807, 2.05) is 54.6 Å². The number of hydrogen-bond donors (Lipinski definition) is 1. The maximum atomic E-state index is 13.5. The lowest BCUT2D eigenvalue weighted by atomic mass is 10.0. The molecule has 2 amide bonds. The van der Waals surface area contributed by atoms with Crippen molar-refractivity contribution in [1.82, 2.24) is 10.2 Å². The highest BCUT2D eigenvalue weighted by Crippen LogP contribution is 2.28. The van der Waals surface area contributed by atoms with Gasteiger partial charge in [-0.05, 0) is 41.0 Å². The minimum atomic E-state index is -0.650. The Labute approximate surface area is 223 Å². The molecule has 0 spiro atoms. The van der Waals surface area contributed by atoms with Crippen LogP contribution in [0.1, 0.15) is 16.7 Å². The number of halogens is 3. The molecule has 3 rings (SSSR count). The van der Waals surface area contributed by atoms with Gasteiger partial charge in [-0.25, -0.2) is 0 Å². The third-order valence-corrected chi connectivity index (χ3v) is 7.44. The summed E-state index contributed by atoms with van der Waals surface area (Å²) in [6.07, 6.45) is 0.418. The van der Waals surface area contributed by atoms with Crippen molar-refractivity contribution in [2.75, 3.05) is 12.8 Å². The van der Waals surface area contributed by atoms with Crippen LogP contribution in [0.25, 0.3) is 0 Å². The molecule has 0 aromatic heterocycles. The van der Waals surface area contributed by atoms with Crippen molar-refractivity contribution in [2.45, 2.75) is 24.8 Å².